The molecule has 0 radical (unpaired) electrons. The number of methoxy groups -OCH3 is 1. The molecule has 0 bridgehead atoms. The molecule has 1 heterocycles. The number of phenols is 1. The Morgan fingerprint density at radius 3 is 2.94 bits per heavy atom. The van der Waals surface area contributed by atoms with Crippen molar-refractivity contribution in [1.82, 2.24) is 15.4 Å². The van der Waals surface area contributed by atoms with Gasteiger partial charge in [0.05, 0.1) is 7.11 Å². The number of phenolic OH excluding ortho intramolecular Hbond substituents is 1. The SMILES string of the molecule is C/N=C/c1[nH]nnc1-c1ccc(OC)c(O)c1. The van der Waals surface area contributed by atoms with Gasteiger partial charge in [0.25, 0.3) is 0 Å². The fraction of sp³-hybridized carbons (Fsp3) is 0.182. The maximum absolute atomic E-state index is 9.69. The molecule has 0 aliphatic rings. The lowest BCUT2D eigenvalue weighted by Gasteiger charge is -2.04. The van der Waals surface area contributed by atoms with E-state index in [-0.39, 0.29) is 5.75 Å². The second kappa shape index (κ2) is 4.65. The summed E-state index contributed by atoms with van der Waals surface area (Å²) < 4.78 is 4.97. The van der Waals surface area contributed by atoms with Crippen LogP contribution in [-0.4, -0.2) is 40.9 Å². The third kappa shape index (κ3) is 2.10. The van der Waals surface area contributed by atoms with Crippen LogP contribution in [0.5, 0.6) is 11.5 Å². The molecular weight excluding hydrogens is 220 g/mol. The predicted molar refractivity (Wildman–Crippen MR) is 63.6 cm³/mol. The Hall–Kier alpha value is -2.37. The van der Waals surface area contributed by atoms with Crippen molar-refractivity contribution < 1.29 is 9.84 Å². The van der Waals surface area contributed by atoms with E-state index in [4.69, 9.17) is 4.74 Å². The van der Waals surface area contributed by atoms with Crippen LogP contribution < -0.4 is 4.74 Å². The summed E-state index contributed by atoms with van der Waals surface area (Å²) in [5, 5.41) is 20.1. The van der Waals surface area contributed by atoms with Crippen LogP contribution in [0.4, 0.5) is 0 Å². The first-order valence-electron chi connectivity index (χ1n) is 4.97. The molecule has 6 nitrogen and oxygen atoms in total. The number of nitrogens with one attached hydrogen (secondary N) is 1. The summed E-state index contributed by atoms with van der Waals surface area (Å²) in [6.45, 7) is 0. The van der Waals surface area contributed by atoms with Crippen molar-refractivity contribution >= 4 is 6.21 Å². The summed E-state index contributed by atoms with van der Waals surface area (Å²) in [6, 6.07) is 5.04. The van der Waals surface area contributed by atoms with Crippen molar-refractivity contribution in [3.8, 4) is 22.8 Å². The number of hydrogen-bond donors (Lipinski definition) is 2. The van der Waals surface area contributed by atoms with Gasteiger partial charge in [-0.15, -0.1) is 5.10 Å². The number of H-pyrrole nitrogens is 1. The molecule has 0 saturated heterocycles. The van der Waals surface area contributed by atoms with Crippen molar-refractivity contribution in [2.24, 2.45) is 4.99 Å². The van der Waals surface area contributed by atoms with E-state index < -0.39 is 0 Å². The molecule has 88 valence electrons. The standard InChI is InChI=1S/C11H12N4O2/c1-12-6-8-11(14-15-13-8)7-3-4-10(17-2)9(16)5-7/h3-6,16H,1-2H3,(H,13,14,15)/b12-6+. The molecule has 17 heavy (non-hydrogen) atoms. The average molecular weight is 232 g/mol. The van der Waals surface area contributed by atoms with Crippen LogP contribution in [0.2, 0.25) is 0 Å². The molecule has 6 heteroatoms. The highest BCUT2D eigenvalue weighted by atomic mass is 16.5. The normalized spacial score (nSPS) is 10.9. The van der Waals surface area contributed by atoms with Gasteiger partial charge in [-0.1, -0.05) is 5.21 Å². The summed E-state index contributed by atoms with van der Waals surface area (Å²) in [5.74, 6) is 0.482. The average Bonchev–Trinajstić information content (AvgIpc) is 2.78. The number of aromatic nitrogens is 3. The zero-order valence-corrected chi connectivity index (χ0v) is 9.51. The Labute approximate surface area is 98.0 Å². The molecule has 0 atom stereocenters. The summed E-state index contributed by atoms with van der Waals surface area (Å²) in [5.41, 5.74) is 2.07. The van der Waals surface area contributed by atoms with Gasteiger partial charge in [-0.2, -0.15) is 0 Å². The van der Waals surface area contributed by atoms with Gasteiger partial charge in [0.1, 0.15) is 11.4 Å². The van der Waals surface area contributed by atoms with Crippen molar-refractivity contribution in [3.05, 3.63) is 23.9 Å². The molecule has 1 aromatic heterocycles. The molecule has 0 unspecified atom stereocenters. The minimum atomic E-state index is 0.0624. The molecule has 1 aromatic carbocycles. The van der Waals surface area contributed by atoms with Crippen LogP contribution in [-0.2, 0) is 0 Å². The number of aromatic hydroxyl groups is 1. The van der Waals surface area contributed by atoms with E-state index in [9.17, 15) is 5.11 Å². The Kier molecular flexibility index (Phi) is 3.04. The van der Waals surface area contributed by atoms with E-state index in [0.29, 0.717) is 17.1 Å². The predicted octanol–water partition coefficient (Wildman–Crippen LogP) is 1.23. The van der Waals surface area contributed by atoms with Crippen molar-refractivity contribution in [2.45, 2.75) is 0 Å². The summed E-state index contributed by atoms with van der Waals surface area (Å²) >= 11 is 0. The van der Waals surface area contributed by atoms with Gasteiger partial charge in [0.15, 0.2) is 11.5 Å². The van der Waals surface area contributed by atoms with Crippen LogP contribution in [0.15, 0.2) is 23.2 Å². The van der Waals surface area contributed by atoms with Crippen LogP contribution in [0.25, 0.3) is 11.3 Å². The Morgan fingerprint density at radius 1 is 1.47 bits per heavy atom. The van der Waals surface area contributed by atoms with E-state index in [1.807, 2.05) is 0 Å². The van der Waals surface area contributed by atoms with Gasteiger partial charge >= 0.3 is 0 Å². The number of aliphatic imine (C=N–C) groups is 1. The first-order valence-corrected chi connectivity index (χ1v) is 4.97. The van der Waals surface area contributed by atoms with Gasteiger partial charge in [0.2, 0.25) is 0 Å². The number of benzene rings is 1. The van der Waals surface area contributed by atoms with Crippen LogP contribution in [0.3, 0.4) is 0 Å². The largest absolute Gasteiger partial charge is 0.504 e. The molecule has 2 N–H and O–H groups in total. The molecule has 0 aliphatic carbocycles. The molecule has 0 spiro atoms. The van der Waals surface area contributed by atoms with Gasteiger partial charge in [0, 0.05) is 18.8 Å². The van der Waals surface area contributed by atoms with Crippen molar-refractivity contribution in [2.75, 3.05) is 14.2 Å². The summed E-state index contributed by atoms with van der Waals surface area (Å²) in [4.78, 5) is 3.90. The lowest BCUT2D eigenvalue weighted by atomic mass is 10.1. The second-order valence-electron chi connectivity index (χ2n) is 3.35. The van der Waals surface area contributed by atoms with Gasteiger partial charge < -0.3 is 9.84 Å². The highest BCUT2D eigenvalue weighted by Gasteiger charge is 2.10. The van der Waals surface area contributed by atoms with Crippen molar-refractivity contribution in [3.63, 3.8) is 0 Å². The fourth-order valence-corrected chi connectivity index (χ4v) is 1.51. The monoisotopic (exact) mass is 232 g/mol. The first kappa shape index (κ1) is 11.1. The minimum Gasteiger partial charge on any atom is -0.504 e. The van der Waals surface area contributed by atoms with Crippen LogP contribution >= 0.6 is 0 Å². The number of rotatable bonds is 3. The molecule has 0 amide bonds. The molecule has 2 rings (SSSR count). The smallest absolute Gasteiger partial charge is 0.160 e. The Morgan fingerprint density at radius 2 is 2.29 bits per heavy atom. The van der Waals surface area contributed by atoms with Crippen molar-refractivity contribution in [1.29, 1.82) is 0 Å². The van der Waals surface area contributed by atoms with E-state index in [0.717, 1.165) is 5.56 Å². The molecule has 2 aromatic rings. The molecule has 0 fully saturated rings. The summed E-state index contributed by atoms with van der Waals surface area (Å²) in [7, 11) is 3.16. The molecule has 0 saturated carbocycles. The van der Waals surface area contributed by atoms with E-state index in [2.05, 4.69) is 20.4 Å². The lowest BCUT2D eigenvalue weighted by Crippen LogP contribution is -1.88. The van der Waals surface area contributed by atoms with Crippen LogP contribution in [0, 0.1) is 0 Å². The van der Waals surface area contributed by atoms with E-state index in [1.165, 1.54) is 7.11 Å². The van der Waals surface area contributed by atoms with E-state index in [1.54, 1.807) is 31.5 Å². The third-order valence-corrected chi connectivity index (χ3v) is 2.29. The Balaban J connectivity index is 2.46. The van der Waals surface area contributed by atoms with Gasteiger partial charge in [-0.3, -0.25) is 10.1 Å². The quantitative estimate of drug-likeness (QED) is 0.780. The highest BCUT2D eigenvalue weighted by molar-refractivity contribution is 5.86. The third-order valence-electron chi connectivity index (χ3n) is 2.29. The maximum atomic E-state index is 9.69. The van der Waals surface area contributed by atoms with Crippen LogP contribution in [0.1, 0.15) is 5.69 Å². The topological polar surface area (TPSA) is 83.4 Å². The molecule has 0 aliphatic heterocycles. The maximum Gasteiger partial charge on any atom is 0.160 e. The fourth-order valence-electron chi connectivity index (χ4n) is 1.51. The van der Waals surface area contributed by atoms with Gasteiger partial charge in [-0.25, -0.2) is 0 Å². The first-order chi connectivity index (χ1) is 8.26. The zero-order chi connectivity index (χ0) is 12.3. The lowest BCUT2D eigenvalue weighted by molar-refractivity contribution is 0.373. The second-order valence-corrected chi connectivity index (χ2v) is 3.35. The number of ether oxygens (including phenoxy) is 1. The zero-order valence-electron chi connectivity index (χ0n) is 9.51. The number of aromatic amines is 1. The highest BCUT2D eigenvalue weighted by Crippen LogP contribution is 2.30. The number of nitrogens with zero attached hydrogens (tertiary/aromatic N) is 3. The number of hydrogen-bond acceptors (Lipinski definition) is 5. The van der Waals surface area contributed by atoms with E-state index >= 15 is 0 Å². The molecular formula is C11H12N4O2. The Bertz CT molecular complexity index is 548. The summed E-state index contributed by atoms with van der Waals surface area (Å²) in [6.07, 6.45) is 1.62. The minimum absolute atomic E-state index is 0.0624. The van der Waals surface area contributed by atoms with Gasteiger partial charge in [-0.05, 0) is 18.2 Å².